The molecule has 0 aromatic heterocycles. The predicted octanol–water partition coefficient (Wildman–Crippen LogP) is 0.927. The fourth-order valence-corrected chi connectivity index (χ4v) is 0.174. The van der Waals surface area contributed by atoms with Crippen LogP contribution >= 0.6 is 0 Å². The quantitative estimate of drug-likeness (QED) is 0.349. The topological polar surface area (TPSA) is 11.3 Å². The molecule has 0 aromatic carbocycles. The maximum absolute atomic E-state index is 4.45. The van der Waals surface area contributed by atoms with Crippen LogP contribution in [0.3, 0.4) is 0 Å². The lowest BCUT2D eigenvalue weighted by molar-refractivity contribution is -0.436. The van der Waals surface area contributed by atoms with Gasteiger partial charge in [-0.15, -0.1) is 0 Å². The highest BCUT2D eigenvalue weighted by atomic mass is 16.4. The van der Waals surface area contributed by atoms with Crippen LogP contribution < -0.4 is 0 Å². The second kappa shape index (κ2) is 2.64. The molecule has 0 aliphatic carbocycles. The molecule has 0 aliphatic rings. The summed E-state index contributed by atoms with van der Waals surface area (Å²) in [5.74, 6) is 0. The normalized spacial score (nSPS) is 7.50. The first kappa shape index (κ1) is 5.41. The molecule has 1 nitrogen and oxygen atoms in total. The van der Waals surface area contributed by atoms with Crippen molar-refractivity contribution < 1.29 is 4.42 Å². The Bertz CT molecular complexity index is 64.3. The van der Waals surface area contributed by atoms with Gasteiger partial charge in [0.1, 0.15) is 0 Å². The second-order valence-electron chi connectivity index (χ2n) is 1.31. The first-order chi connectivity index (χ1) is 2.77. The van der Waals surface area contributed by atoms with Crippen molar-refractivity contribution in [3.05, 3.63) is 12.2 Å². The van der Waals surface area contributed by atoms with Gasteiger partial charge in [0.15, 0.2) is 0 Å². The lowest BCUT2D eigenvalue weighted by atomic mass is 10.4. The van der Waals surface area contributed by atoms with Crippen molar-refractivity contribution in [1.82, 2.24) is 0 Å². The third-order valence-electron chi connectivity index (χ3n) is 0.348. The van der Waals surface area contributed by atoms with Crippen LogP contribution in [0.5, 0.6) is 0 Å². The molecule has 0 fully saturated rings. The molecule has 34 valence electrons. The molecule has 0 saturated carbocycles. The molecule has 1 heteroatoms. The Morgan fingerprint density at radius 2 is 2.33 bits per heavy atom. The molecular formula is C5H9O+. The number of hydrogen-bond acceptors (Lipinski definition) is 0. The van der Waals surface area contributed by atoms with Gasteiger partial charge in [0.25, 0.3) is 13.4 Å². The predicted molar refractivity (Wildman–Crippen MR) is 26.8 cm³/mol. The number of hydrogen-bond donors (Lipinski definition) is 0. The Kier molecular flexibility index (Phi) is 2.38. The van der Waals surface area contributed by atoms with Gasteiger partial charge >= 0.3 is 0 Å². The highest BCUT2D eigenvalue weighted by Crippen LogP contribution is 1.79. The van der Waals surface area contributed by atoms with Gasteiger partial charge < -0.3 is 0 Å². The lowest BCUT2D eigenvalue weighted by Crippen LogP contribution is -1.80. The molecule has 0 bridgehead atoms. The maximum Gasteiger partial charge on any atom is 0.282 e. The smallest absolute Gasteiger partial charge is 0.266 e. The summed E-state index contributed by atoms with van der Waals surface area (Å²) in [6.07, 6.45) is 0. The molecule has 0 N–H and O–H groups in total. The van der Waals surface area contributed by atoms with Crippen molar-refractivity contribution in [3.63, 3.8) is 0 Å². The Labute approximate surface area is 38.0 Å². The Balaban J connectivity index is 3.05. The molecule has 0 radical (unpaired) electrons. The zero-order valence-corrected chi connectivity index (χ0v) is 4.03. The molecule has 0 spiro atoms. The largest absolute Gasteiger partial charge is 0.282 e. The van der Waals surface area contributed by atoms with Gasteiger partial charge in [-0.1, -0.05) is 6.58 Å². The number of carbonyl (C=O) groups excluding carboxylic acids is 1. The summed E-state index contributed by atoms with van der Waals surface area (Å²) < 4.78 is 4.45. The lowest BCUT2D eigenvalue weighted by Gasteiger charge is -1.73. The summed E-state index contributed by atoms with van der Waals surface area (Å²) in [4.78, 5) is 0. The van der Waals surface area contributed by atoms with Gasteiger partial charge in [-0.25, -0.2) is 0 Å². The maximum atomic E-state index is 4.45. The zero-order valence-electron chi connectivity index (χ0n) is 4.03. The highest BCUT2D eigenvalue weighted by Gasteiger charge is 1.83. The molecule has 6 heavy (non-hydrogen) atoms. The fourth-order valence-electron chi connectivity index (χ4n) is 0.174. The molecule has 0 heterocycles. The number of rotatable bonds is 2. The van der Waals surface area contributed by atoms with Gasteiger partial charge in [-0.05, 0) is 6.92 Å². The van der Waals surface area contributed by atoms with Crippen molar-refractivity contribution in [3.8, 4) is 0 Å². The summed E-state index contributed by atoms with van der Waals surface area (Å²) in [5, 5.41) is 0. The zero-order chi connectivity index (χ0) is 4.99. The van der Waals surface area contributed by atoms with Crippen LogP contribution in [-0.4, -0.2) is 13.4 Å². The summed E-state index contributed by atoms with van der Waals surface area (Å²) in [5.41, 5.74) is 1.00. The van der Waals surface area contributed by atoms with Crippen LogP contribution in [0, 0.1) is 0 Å². The van der Waals surface area contributed by atoms with Gasteiger partial charge in [0, 0.05) is 5.57 Å². The van der Waals surface area contributed by atoms with Crippen LogP contribution in [0.4, 0.5) is 0 Å². The van der Waals surface area contributed by atoms with E-state index in [4.69, 9.17) is 0 Å². The van der Waals surface area contributed by atoms with Crippen molar-refractivity contribution in [2.75, 3.05) is 6.61 Å². The average molecular weight is 85.1 g/mol. The van der Waals surface area contributed by atoms with E-state index in [0.717, 1.165) is 5.57 Å². The fraction of sp³-hybridized carbons (Fsp3) is 0.400. The minimum absolute atomic E-state index is 0.569. The van der Waals surface area contributed by atoms with E-state index in [9.17, 15) is 0 Å². The van der Waals surface area contributed by atoms with E-state index in [1.54, 1.807) is 0 Å². The molecule has 0 aromatic rings. The van der Waals surface area contributed by atoms with Crippen LogP contribution in [-0.2, 0) is 4.42 Å². The first-order valence-corrected chi connectivity index (χ1v) is 1.78. The van der Waals surface area contributed by atoms with E-state index >= 15 is 0 Å². The molecule has 0 unspecified atom stereocenters. The van der Waals surface area contributed by atoms with Crippen LogP contribution in [0.25, 0.3) is 0 Å². The van der Waals surface area contributed by atoms with Crippen LogP contribution in [0.1, 0.15) is 6.92 Å². The van der Waals surface area contributed by atoms with Crippen molar-refractivity contribution in [1.29, 1.82) is 0 Å². The second-order valence-corrected chi connectivity index (χ2v) is 1.31. The first-order valence-electron chi connectivity index (χ1n) is 1.78. The minimum atomic E-state index is 0.569. The Hall–Kier alpha value is -0.590. The van der Waals surface area contributed by atoms with Gasteiger partial charge in [-0.3, -0.25) is 4.42 Å². The standard InChI is InChI=1S/C5H9O/c1-5(2)4-6-3/h1,3-4H2,2H3/q+1. The monoisotopic (exact) mass is 85.1 g/mol. The van der Waals surface area contributed by atoms with Crippen LogP contribution in [0.2, 0.25) is 0 Å². The van der Waals surface area contributed by atoms with Crippen LogP contribution in [0.15, 0.2) is 12.2 Å². The summed E-state index contributed by atoms with van der Waals surface area (Å²) >= 11 is 0. The van der Waals surface area contributed by atoms with E-state index < -0.39 is 0 Å². The molecule has 0 aliphatic heterocycles. The summed E-state index contributed by atoms with van der Waals surface area (Å²) in [6, 6.07) is 0. The van der Waals surface area contributed by atoms with E-state index in [2.05, 4.69) is 17.8 Å². The third-order valence-corrected chi connectivity index (χ3v) is 0.348. The molecular weight excluding hydrogens is 76.1 g/mol. The summed E-state index contributed by atoms with van der Waals surface area (Å²) in [7, 11) is 0. The molecule has 0 rings (SSSR count). The van der Waals surface area contributed by atoms with Gasteiger partial charge in [0.05, 0.1) is 0 Å². The SMILES string of the molecule is C=[O+]CC(=C)C. The van der Waals surface area contributed by atoms with E-state index in [0.29, 0.717) is 6.61 Å². The van der Waals surface area contributed by atoms with Gasteiger partial charge in [0.2, 0.25) is 0 Å². The molecule has 0 saturated heterocycles. The minimum Gasteiger partial charge on any atom is -0.266 e. The van der Waals surface area contributed by atoms with Gasteiger partial charge in [-0.2, -0.15) is 0 Å². The van der Waals surface area contributed by atoms with E-state index in [1.165, 1.54) is 0 Å². The molecule has 0 amide bonds. The van der Waals surface area contributed by atoms with E-state index in [1.807, 2.05) is 6.92 Å². The third kappa shape index (κ3) is 3.41. The molecule has 0 atom stereocenters. The Morgan fingerprint density at radius 1 is 1.83 bits per heavy atom. The van der Waals surface area contributed by atoms with Crippen molar-refractivity contribution in [2.24, 2.45) is 0 Å². The average Bonchev–Trinajstić information content (AvgIpc) is 1.35. The van der Waals surface area contributed by atoms with Crippen molar-refractivity contribution >= 4 is 6.79 Å². The van der Waals surface area contributed by atoms with Crippen molar-refractivity contribution in [2.45, 2.75) is 6.92 Å². The Morgan fingerprint density at radius 3 is 2.33 bits per heavy atom. The summed E-state index contributed by atoms with van der Waals surface area (Å²) in [6.45, 7) is 9.21. The highest BCUT2D eigenvalue weighted by molar-refractivity contribution is 5.12. The van der Waals surface area contributed by atoms with E-state index in [-0.39, 0.29) is 0 Å².